The van der Waals surface area contributed by atoms with Crippen molar-refractivity contribution >= 4 is 5.91 Å². The lowest BCUT2D eigenvalue weighted by molar-refractivity contribution is -0.121. The van der Waals surface area contributed by atoms with E-state index in [2.05, 4.69) is 20.4 Å². The van der Waals surface area contributed by atoms with Gasteiger partial charge in [0, 0.05) is 37.3 Å². The summed E-state index contributed by atoms with van der Waals surface area (Å²) in [5, 5.41) is 6.81. The summed E-state index contributed by atoms with van der Waals surface area (Å²) in [5.74, 6) is 1.82. The highest BCUT2D eigenvalue weighted by molar-refractivity contribution is 5.76. The largest absolute Gasteiger partial charge is 0.497 e. The van der Waals surface area contributed by atoms with E-state index in [1.165, 1.54) is 0 Å². The summed E-state index contributed by atoms with van der Waals surface area (Å²) in [4.78, 5) is 20.2. The molecule has 0 aliphatic carbocycles. The highest BCUT2D eigenvalue weighted by Gasteiger charge is 2.09. The van der Waals surface area contributed by atoms with Gasteiger partial charge in [0.2, 0.25) is 5.91 Å². The summed E-state index contributed by atoms with van der Waals surface area (Å²) in [5.41, 5.74) is 1.92. The number of aromatic nitrogens is 3. The molecule has 134 valence electrons. The van der Waals surface area contributed by atoms with Crippen LogP contribution in [0.3, 0.4) is 0 Å². The van der Waals surface area contributed by atoms with Crippen LogP contribution >= 0.6 is 0 Å². The molecular weight excluding hydrogens is 332 g/mol. The molecule has 0 fully saturated rings. The van der Waals surface area contributed by atoms with Crippen molar-refractivity contribution in [3.63, 3.8) is 0 Å². The van der Waals surface area contributed by atoms with Gasteiger partial charge < -0.3 is 14.6 Å². The Balaban J connectivity index is 1.40. The number of hydrogen-bond donors (Lipinski definition) is 1. The number of rotatable bonds is 8. The van der Waals surface area contributed by atoms with Crippen LogP contribution < -0.4 is 10.1 Å². The second-order valence-electron chi connectivity index (χ2n) is 5.70. The first-order valence-corrected chi connectivity index (χ1v) is 8.37. The summed E-state index contributed by atoms with van der Waals surface area (Å²) in [6.45, 7) is 0.469. The van der Waals surface area contributed by atoms with Gasteiger partial charge in [-0.25, -0.2) is 0 Å². The summed E-state index contributed by atoms with van der Waals surface area (Å²) in [6, 6.07) is 11.3. The topological polar surface area (TPSA) is 90.1 Å². The zero-order valence-corrected chi connectivity index (χ0v) is 14.5. The lowest BCUT2D eigenvalue weighted by atomic mass is 10.1. The Hall–Kier alpha value is -3.22. The lowest BCUT2D eigenvalue weighted by Gasteiger charge is -2.05. The summed E-state index contributed by atoms with van der Waals surface area (Å²) < 4.78 is 10.3. The predicted molar refractivity (Wildman–Crippen MR) is 95.6 cm³/mol. The van der Waals surface area contributed by atoms with Crippen LogP contribution in [0.25, 0.3) is 11.5 Å². The average molecular weight is 352 g/mol. The minimum Gasteiger partial charge on any atom is -0.497 e. The minimum atomic E-state index is -0.00123. The van der Waals surface area contributed by atoms with Crippen molar-refractivity contribution in [2.24, 2.45) is 0 Å². The van der Waals surface area contributed by atoms with Crippen molar-refractivity contribution in [1.82, 2.24) is 20.4 Å². The molecule has 7 nitrogen and oxygen atoms in total. The molecule has 2 aromatic heterocycles. The highest BCUT2D eigenvalue weighted by atomic mass is 16.5. The lowest BCUT2D eigenvalue weighted by Crippen LogP contribution is -2.26. The van der Waals surface area contributed by atoms with Crippen LogP contribution in [-0.4, -0.2) is 34.7 Å². The van der Waals surface area contributed by atoms with Gasteiger partial charge in [-0.2, -0.15) is 4.98 Å². The van der Waals surface area contributed by atoms with Crippen LogP contribution in [0.1, 0.15) is 17.8 Å². The molecule has 0 saturated carbocycles. The van der Waals surface area contributed by atoms with E-state index in [1.807, 2.05) is 24.3 Å². The third-order valence-electron chi connectivity index (χ3n) is 3.87. The van der Waals surface area contributed by atoms with Gasteiger partial charge in [0.25, 0.3) is 5.89 Å². The maximum absolute atomic E-state index is 11.9. The van der Waals surface area contributed by atoms with Gasteiger partial charge in [-0.05, 0) is 36.2 Å². The zero-order valence-electron chi connectivity index (χ0n) is 14.5. The monoisotopic (exact) mass is 352 g/mol. The zero-order chi connectivity index (χ0) is 18.2. The third-order valence-corrected chi connectivity index (χ3v) is 3.87. The Kier molecular flexibility index (Phi) is 5.92. The van der Waals surface area contributed by atoms with E-state index < -0.39 is 0 Å². The molecule has 0 spiro atoms. The minimum absolute atomic E-state index is 0.00123. The fraction of sp³-hybridized carbons (Fsp3) is 0.263. The molecule has 0 aliphatic rings. The van der Waals surface area contributed by atoms with Gasteiger partial charge in [-0.3, -0.25) is 9.78 Å². The van der Waals surface area contributed by atoms with Gasteiger partial charge >= 0.3 is 0 Å². The van der Waals surface area contributed by atoms with E-state index in [1.54, 1.807) is 31.6 Å². The number of methoxy groups -OCH3 is 1. The van der Waals surface area contributed by atoms with Crippen molar-refractivity contribution in [3.8, 4) is 17.2 Å². The molecule has 0 saturated heterocycles. The van der Waals surface area contributed by atoms with E-state index in [9.17, 15) is 4.79 Å². The van der Waals surface area contributed by atoms with E-state index in [0.29, 0.717) is 37.5 Å². The number of pyridine rings is 1. The predicted octanol–water partition coefficient (Wildman–Crippen LogP) is 2.43. The number of carbonyl (C=O) groups is 1. The molecule has 26 heavy (non-hydrogen) atoms. The Morgan fingerprint density at radius 1 is 1.12 bits per heavy atom. The van der Waals surface area contributed by atoms with Crippen LogP contribution in [-0.2, 0) is 17.6 Å². The summed E-state index contributed by atoms with van der Waals surface area (Å²) in [7, 11) is 1.63. The van der Waals surface area contributed by atoms with Gasteiger partial charge in [-0.15, -0.1) is 0 Å². The molecule has 3 rings (SSSR count). The molecule has 1 N–H and O–H groups in total. The molecule has 0 aliphatic heterocycles. The van der Waals surface area contributed by atoms with Crippen LogP contribution in [0.15, 0.2) is 53.3 Å². The number of ether oxygens (including phenoxy) is 1. The maximum atomic E-state index is 11.9. The molecule has 7 heteroatoms. The molecule has 0 unspecified atom stereocenters. The maximum Gasteiger partial charge on any atom is 0.258 e. The number of amides is 1. The Morgan fingerprint density at radius 3 is 2.62 bits per heavy atom. The van der Waals surface area contributed by atoms with Gasteiger partial charge in [-0.1, -0.05) is 17.3 Å². The number of benzene rings is 1. The van der Waals surface area contributed by atoms with Crippen molar-refractivity contribution in [2.75, 3.05) is 13.7 Å². The molecular formula is C19H20N4O3. The fourth-order valence-corrected chi connectivity index (χ4v) is 2.42. The molecule has 0 atom stereocenters. The standard InChI is InChI=1S/C19H20N4O3/c1-25-16-5-2-14(3-6-16)4-7-18(24)21-13-10-17-22-19(26-23-17)15-8-11-20-12-9-15/h2-3,5-6,8-9,11-12H,4,7,10,13H2,1H3,(H,21,24). The van der Waals surface area contributed by atoms with Crippen molar-refractivity contribution in [1.29, 1.82) is 0 Å². The first-order valence-electron chi connectivity index (χ1n) is 8.37. The van der Waals surface area contributed by atoms with Crippen molar-refractivity contribution in [2.45, 2.75) is 19.3 Å². The van der Waals surface area contributed by atoms with Gasteiger partial charge in [0.05, 0.1) is 7.11 Å². The summed E-state index contributed by atoms with van der Waals surface area (Å²) in [6.07, 6.45) is 4.97. The molecule has 3 aromatic rings. The third kappa shape index (κ3) is 4.89. The van der Waals surface area contributed by atoms with Crippen LogP contribution in [0, 0.1) is 0 Å². The van der Waals surface area contributed by atoms with Crippen molar-refractivity contribution < 1.29 is 14.1 Å². The normalized spacial score (nSPS) is 10.5. The fourth-order valence-electron chi connectivity index (χ4n) is 2.42. The highest BCUT2D eigenvalue weighted by Crippen LogP contribution is 2.15. The Labute approximate surface area is 151 Å². The average Bonchev–Trinajstić information content (AvgIpc) is 3.16. The Morgan fingerprint density at radius 2 is 1.88 bits per heavy atom. The number of aryl methyl sites for hydroxylation is 1. The first-order chi connectivity index (χ1) is 12.7. The van der Waals surface area contributed by atoms with Crippen molar-refractivity contribution in [3.05, 3.63) is 60.2 Å². The molecule has 1 amide bonds. The number of carbonyl (C=O) groups excluding carboxylic acids is 1. The Bertz CT molecular complexity index is 832. The number of nitrogens with zero attached hydrogens (tertiary/aromatic N) is 3. The number of hydrogen-bond acceptors (Lipinski definition) is 6. The molecule has 0 bridgehead atoms. The second-order valence-corrected chi connectivity index (χ2v) is 5.70. The van der Waals surface area contributed by atoms with E-state index in [-0.39, 0.29) is 5.91 Å². The van der Waals surface area contributed by atoms with E-state index in [0.717, 1.165) is 16.9 Å². The van der Waals surface area contributed by atoms with Crippen LogP contribution in [0.2, 0.25) is 0 Å². The van der Waals surface area contributed by atoms with E-state index >= 15 is 0 Å². The van der Waals surface area contributed by atoms with E-state index in [4.69, 9.17) is 9.26 Å². The number of nitrogens with one attached hydrogen (secondary N) is 1. The van der Waals surface area contributed by atoms with Crippen LogP contribution in [0.4, 0.5) is 0 Å². The molecule has 0 radical (unpaired) electrons. The summed E-state index contributed by atoms with van der Waals surface area (Å²) >= 11 is 0. The van der Waals surface area contributed by atoms with Crippen LogP contribution in [0.5, 0.6) is 5.75 Å². The first kappa shape index (κ1) is 17.6. The van der Waals surface area contributed by atoms with Gasteiger partial charge in [0.15, 0.2) is 5.82 Å². The second kappa shape index (κ2) is 8.75. The SMILES string of the molecule is COc1ccc(CCC(=O)NCCc2noc(-c3ccncc3)n2)cc1. The quantitative estimate of drug-likeness (QED) is 0.670. The molecule has 1 aromatic carbocycles. The molecule has 2 heterocycles. The van der Waals surface area contributed by atoms with Gasteiger partial charge in [0.1, 0.15) is 5.75 Å². The smallest absolute Gasteiger partial charge is 0.258 e.